The van der Waals surface area contributed by atoms with Crippen LogP contribution in [0.25, 0.3) is 0 Å². The number of carbonyl (C=O) groups is 1. The highest BCUT2D eigenvalue weighted by Crippen LogP contribution is 2.24. The number of hydrogen-bond donors (Lipinski definition) is 1. The van der Waals surface area contributed by atoms with Crippen LogP contribution in [0.1, 0.15) is 27.9 Å². The molecule has 1 N–H and O–H groups in total. The van der Waals surface area contributed by atoms with Gasteiger partial charge < -0.3 is 19.5 Å². The maximum atomic E-state index is 13.0. The van der Waals surface area contributed by atoms with E-state index in [1.54, 1.807) is 6.07 Å². The predicted molar refractivity (Wildman–Crippen MR) is 95.7 cm³/mol. The summed E-state index contributed by atoms with van der Waals surface area (Å²) < 4.78 is 10.8. The average Bonchev–Trinajstić information content (AvgIpc) is 3.17. The summed E-state index contributed by atoms with van der Waals surface area (Å²) in [5.41, 5.74) is 1.51. The van der Waals surface area contributed by atoms with Crippen LogP contribution in [0.5, 0.6) is 0 Å². The Kier molecular flexibility index (Phi) is 5.29. The van der Waals surface area contributed by atoms with Crippen LogP contribution < -0.4 is 5.32 Å². The smallest absolute Gasteiger partial charge is 0.276 e. The fraction of sp³-hybridized carbons (Fsp3) is 0.474. The van der Waals surface area contributed by atoms with Gasteiger partial charge >= 0.3 is 0 Å². The zero-order valence-electron chi connectivity index (χ0n) is 14.8. The summed E-state index contributed by atoms with van der Waals surface area (Å²) >= 11 is 0. The number of piperazine rings is 1. The van der Waals surface area contributed by atoms with E-state index in [-0.39, 0.29) is 11.9 Å². The summed E-state index contributed by atoms with van der Waals surface area (Å²) in [4.78, 5) is 17.2. The predicted octanol–water partition coefficient (Wildman–Crippen LogP) is 1.29. The average molecular weight is 356 g/mol. The topological polar surface area (TPSA) is 70.8 Å². The van der Waals surface area contributed by atoms with E-state index >= 15 is 0 Å². The second kappa shape index (κ2) is 7.99. The summed E-state index contributed by atoms with van der Waals surface area (Å²) in [5.74, 6) is 0.652. The van der Waals surface area contributed by atoms with Gasteiger partial charge in [-0.2, -0.15) is 0 Å². The fourth-order valence-corrected chi connectivity index (χ4v) is 3.54. The number of benzene rings is 1. The van der Waals surface area contributed by atoms with E-state index in [1.165, 1.54) is 0 Å². The van der Waals surface area contributed by atoms with Crippen molar-refractivity contribution >= 4 is 5.91 Å². The minimum Gasteiger partial charge on any atom is -0.379 e. The van der Waals surface area contributed by atoms with Crippen LogP contribution in [0.3, 0.4) is 0 Å². The van der Waals surface area contributed by atoms with Gasteiger partial charge in [0.25, 0.3) is 5.91 Å². The largest absolute Gasteiger partial charge is 0.379 e. The molecule has 2 saturated heterocycles. The first-order valence-corrected chi connectivity index (χ1v) is 9.13. The third-order valence-electron chi connectivity index (χ3n) is 4.95. The minimum absolute atomic E-state index is 0.0110. The van der Waals surface area contributed by atoms with Crippen molar-refractivity contribution in [2.24, 2.45) is 0 Å². The van der Waals surface area contributed by atoms with Gasteiger partial charge in [-0.15, -0.1) is 0 Å². The van der Waals surface area contributed by atoms with E-state index < -0.39 is 0 Å². The number of hydrogen-bond acceptors (Lipinski definition) is 6. The Bertz CT molecular complexity index is 727. The summed E-state index contributed by atoms with van der Waals surface area (Å²) in [6.45, 7) is 6.06. The molecule has 0 bridgehead atoms. The number of nitrogens with zero attached hydrogens (tertiary/aromatic N) is 3. The lowest BCUT2D eigenvalue weighted by Gasteiger charge is -2.36. The van der Waals surface area contributed by atoms with Crippen molar-refractivity contribution in [1.29, 1.82) is 0 Å². The maximum absolute atomic E-state index is 13.0. The second-order valence-corrected chi connectivity index (χ2v) is 6.70. The van der Waals surface area contributed by atoms with Crippen molar-refractivity contribution in [1.82, 2.24) is 20.3 Å². The molecule has 1 amide bonds. The van der Waals surface area contributed by atoms with Gasteiger partial charge in [0, 0.05) is 38.8 Å². The molecule has 2 aliphatic heterocycles. The molecule has 0 aliphatic carbocycles. The summed E-state index contributed by atoms with van der Waals surface area (Å²) in [7, 11) is 0. The van der Waals surface area contributed by atoms with Gasteiger partial charge in [0.1, 0.15) is 0 Å². The molecule has 1 atom stereocenters. The van der Waals surface area contributed by atoms with Crippen LogP contribution in [0.2, 0.25) is 0 Å². The highest BCUT2D eigenvalue weighted by atomic mass is 16.5. The molecule has 2 aromatic rings. The van der Waals surface area contributed by atoms with Crippen LogP contribution in [-0.2, 0) is 11.3 Å². The van der Waals surface area contributed by atoms with Crippen LogP contribution >= 0.6 is 0 Å². The van der Waals surface area contributed by atoms with Crippen molar-refractivity contribution in [3.05, 3.63) is 53.4 Å². The van der Waals surface area contributed by atoms with Crippen LogP contribution in [-0.4, -0.2) is 66.8 Å². The number of ether oxygens (including phenoxy) is 1. The number of nitrogens with one attached hydrogen (secondary N) is 1. The molecule has 4 rings (SSSR count). The molecule has 1 aromatic carbocycles. The van der Waals surface area contributed by atoms with E-state index in [9.17, 15) is 4.79 Å². The van der Waals surface area contributed by atoms with Crippen LogP contribution in [0, 0.1) is 0 Å². The zero-order chi connectivity index (χ0) is 17.8. The van der Waals surface area contributed by atoms with Crippen molar-refractivity contribution in [3.8, 4) is 0 Å². The summed E-state index contributed by atoms with van der Waals surface area (Å²) in [6, 6.07) is 11.9. The quantitative estimate of drug-likeness (QED) is 0.890. The molecule has 3 heterocycles. The first-order valence-electron chi connectivity index (χ1n) is 9.13. The molecular formula is C19H24N4O3. The Hall–Kier alpha value is -2.22. The summed E-state index contributed by atoms with van der Waals surface area (Å²) in [6.07, 6.45) is 0. The maximum Gasteiger partial charge on any atom is 0.276 e. The van der Waals surface area contributed by atoms with Crippen LogP contribution in [0.4, 0.5) is 0 Å². The Morgan fingerprint density at radius 1 is 1.19 bits per heavy atom. The van der Waals surface area contributed by atoms with Gasteiger partial charge in [0.05, 0.1) is 25.8 Å². The highest BCUT2D eigenvalue weighted by molar-refractivity contribution is 5.92. The van der Waals surface area contributed by atoms with Gasteiger partial charge in [0.2, 0.25) is 0 Å². The van der Waals surface area contributed by atoms with E-state index in [4.69, 9.17) is 9.26 Å². The number of morpholine rings is 1. The summed E-state index contributed by atoms with van der Waals surface area (Å²) in [5, 5.41) is 7.41. The molecule has 1 aromatic heterocycles. The lowest BCUT2D eigenvalue weighted by atomic mass is 10.0. The third kappa shape index (κ3) is 3.80. The van der Waals surface area contributed by atoms with Gasteiger partial charge in [-0.25, -0.2) is 0 Å². The van der Waals surface area contributed by atoms with Crippen molar-refractivity contribution in [2.45, 2.75) is 12.6 Å². The zero-order valence-corrected chi connectivity index (χ0v) is 14.8. The van der Waals surface area contributed by atoms with E-state index in [0.29, 0.717) is 18.8 Å². The Labute approximate surface area is 152 Å². The van der Waals surface area contributed by atoms with E-state index in [0.717, 1.165) is 50.7 Å². The fourth-order valence-electron chi connectivity index (χ4n) is 3.54. The van der Waals surface area contributed by atoms with E-state index in [2.05, 4.69) is 27.5 Å². The Morgan fingerprint density at radius 3 is 2.81 bits per heavy atom. The first kappa shape index (κ1) is 17.2. The molecule has 0 saturated carbocycles. The molecule has 0 spiro atoms. The monoisotopic (exact) mass is 356 g/mol. The van der Waals surface area contributed by atoms with Crippen LogP contribution in [0.15, 0.2) is 40.9 Å². The molecule has 26 heavy (non-hydrogen) atoms. The standard InChI is InChI=1S/C19H24N4O3/c24-19(17-12-16(26-21-17)14-22-8-10-25-11-9-22)23-7-6-20-13-18(23)15-4-2-1-3-5-15/h1-5,12,18,20H,6-11,13-14H2. The molecule has 2 fully saturated rings. The van der Waals surface area contributed by atoms with Crippen molar-refractivity contribution in [3.63, 3.8) is 0 Å². The van der Waals surface area contributed by atoms with Crippen molar-refractivity contribution < 1.29 is 14.1 Å². The van der Waals surface area contributed by atoms with E-state index in [1.807, 2.05) is 23.1 Å². The molecule has 1 unspecified atom stereocenters. The lowest BCUT2D eigenvalue weighted by Crippen LogP contribution is -2.48. The molecule has 7 nitrogen and oxygen atoms in total. The molecular weight excluding hydrogens is 332 g/mol. The third-order valence-corrected chi connectivity index (χ3v) is 4.95. The van der Waals surface area contributed by atoms with Gasteiger partial charge in [-0.3, -0.25) is 9.69 Å². The molecule has 7 heteroatoms. The molecule has 0 radical (unpaired) electrons. The SMILES string of the molecule is O=C(c1cc(CN2CCOCC2)on1)N1CCNCC1c1ccccc1. The Morgan fingerprint density at radius 2 is 2.00 bits per heavy atom. The van der Waals surface area contributed by atoms with Gasteiger partial charge in [-0.05, 0) is 5.56 Å². The number of aromatic nitrogens is 1. The van der Waals surface area contributed by atoms with Gasteiger partial charge in [-0.1, -0.05) is 35.5 Å². The normalized spacial score (nSPS) is 21.7. The van der Waals surface area contributed by atoms with Crippen molar-refractivity contribution in [2.75, 3.05) is 45.9 Å². The number of carbonyl (C=O) groups excluding carboxylic acids is 1. The molecule has 2 aliphatic rings. The minimum atomic E-state index is -0.0719. The second-order valence-electron chi connectivity index (χ2n) is 6.70. The molecule has 138 valence electrons. The Balaban J connectivity index is 1.47. The number of rotatable bonds is 4. The highest BCUT2D eigenvalue weighted by Gasteiger charge is 2.30. The lowest BCUT2D eigenvalue weighted by molar-refractivity contribution is 0.0305. The first-order chi connectivity index (χ1) is 12.8. The van der Waals surface area contributed by atoms with Gasteiger partial charge in [0.15, 0.2) is 11.5 Å². The number of amides is 1.